The van der Waals surface area contributed by atoms with Crippen LogP contribution in [0.3, 0.4) is 0 Å². The fraction of sp³-hybridized carbons (Fsp3) is 0.500. The molecule has 1 rings (SSSR count). The summed E-state index contributed by atoms with van der Waals surface area (Å²) in [6.45, 7) is 4.38. The minimum absolute atomic E-state index is 0. The van der Waals surface area contributed by atoms with Crippen molar-refractivity contribution in [1.82, 2.24) is 4.31 Å². The van der Waals surface area contributed by atoms with E-state index in [0.717, 1.165) is 0 Å². The predicted octanol–water partition coefficient (Wildman–Crippen LogP) is 1.97. The highest BCUT2D eigenvalue weighted by Crippen LogP contribution is 2.16. The first kappa shape index (κ1) is 19.9. The van der Waals surface area contributed by atoms with Crippen LogP contribution in [0.4, 0.5) is 0 Å². The molecule has 2 N–H and O–H groups in total. The van der Waals surface area contributed by atoms with E-state index in [4.69, 9.17) is 11.0 Å². The van der Waals surface area contributed by atoms with E-state index in [1.807, 2.05) is 19.9 Å². The number of nitrogens with zero attached hydrogens (tertiary/aromatic N) is 2. The Morgan fingerprint density at radius 1 is 1.38 bits per heavy atom. The number of hydrogen-bond donors (Lipinski definition) is 1. The molecule has 0 radical (unpaired) electrons. The minimum atomic E-state index is -3.57. The van der Waals surface area contributed by atoms with Crippen LogP contribution in [0, 0.1) is 17.2 Å². The molecule has 1 aromatic carbocycles. The van der Waals surface area contributed by atoms with Gasteiger partial charge in [-0.3, -0.25) is 0 Å². The van der Waals surface area contributed by atoms with Crippen LogP contribution in [0.2, 0.25) is 0 Å². The third kappa shape index (κ3) is 5.29. The number of halogens is 1. The van der Waals surface area contributed by atoms with Gasteiger partial charge in [-0.05, 0) is 30.5 Å². The Labute approximate surface area is 133 Å². The van der Waals surface area contributed by atoms with Crippen LogP contribution in [0.5, 0.6) is 0 Å². The molecule has 0 aliphatic carbocycles. The Hall–Kier alpha value is -1.13. The highest BCUT2D eigenvalue weighted by molar-refractivity contribution is 7.89. The fourth-order valence-electron chi connectivity index (χ4n) is 1.69. The van der Waals surface area contributed by atoms with E-state index in [-0.39, 0.29) is 23.3 Å². The summed E-state index contributed by atoms with van der Waals surface area (Å²) in [6, 6.07) is 7.93. The van der Waals surface area contributed by atoms with Crippen molar-refractivity contribution in [1.29, 1.82) is 5.26 Å². The summed E-state index contributed by atoms with van der Waals surface area (Å²) in [4.78, 5) is 0.136. The van der Waals surface area contributed by atoms with Crippen LogP contribution >= 0.6 is 12.4 Å². The first-order valence-corrected chi connectivity index (χ1v) is 7.95. The van der Waals surface area contributed by atoms with Crippen LogP contribution in [0.1, 0.15) is 25.8 Å². The molecule has 0 fully saturated rings. The van der Waals surface area contributed by atoms with E-state index < -0.39 is 10.0 Å². The Morgan fingerprint density at radius 2 is 2.00 bits per heavy atom. The number of benzene rings is 1. The fourth-order valence-corrected chi connectivity index (χ4v) is 2.92. The number of sulfonamides is 1. The van der Waals surface area contributed by atoms with Crippen molar-refractivity contribution < 1.29 is 8.42 Å². The standard InChI is InChI=1S/C14H21N3O2S.ClH/c1-11(2)14(16)7-8-17(3)20(18,19)13-6-4-5-12(9-13)10-15;/h4-6,9,11,14H,7-8,16H2,1-3H3;1H. The van der Waals surface area contributed by atoms with Gasteiger partial charge in [0.25, 0.3) is 0 Å². The van der Waals surface area contributed by atoms with Crippen molar-refractivity contribution in [2.45, 2.75) is 31.2 Å². The zero-order valence-corrected chi connectivity index (χ0v) is 14.1. The molecule has 0 aromatic heterocycles. The lowest BCUT2D eigenvalue weighted by atomic mass is 10.0. The average molecular weight is 332 g/mol. The molecule has 0 spiro atoms. The lowest BCUT2D eigenvalue weighted by Crippen LogP contribution is -2.34. The van der Waals surface area contributed by atoms with E-state index in [0.29, 0.717) is 24.4 Å². The second kappa shape index (κ2) is 8.35. The number of nitriles is 1. The maximum absolute atomic E-state index is 12.4. The van der Waals surface area contributed by atoms with Crippen molar-refractivity contribution in [2.24, 2.45) is 11.7 Å². The van der Waals surface area contributed by atoms with Gasteiger partial charge in [-0.25, -0.2) is 12.7 Å². The molecule has 0 saturated heterocycles. The smallest absolute Gasteiger partial charge is 0.242 e. The molecule has 0 heterocycles. The molecular formula is C14H22ClN3O2S. The summed E-state index contributed by atoms with van der Waals surface area (Å²) in [7, 11) is -2.04. The first-order valence-electron chi connectivity index (χ1n) is 6.51. The number of nitrogens with two attached hydrogens (primary N) is 1. The van der Waals surface area contributed by atoms with Crippen molar-refractivity contribution in [3.05, 3.63) is 29.8 Å². The predicted molar refractivity (Wildman–Crippen MR) is 85.7 cm³/mol. The van der Waals surface area contributed by atoms with Gasteiger partial charge in [-0.15, -0.1) is 12.4 Å². The lowest BCUT2D eigenvalue weighted by molar-refractivity contribution is 0.397. The second-order valence-corrected chi connectivity index (χ2v) is 7.21. The molecule has 21 heavy (non-hydrogen) atoms. The molecule has 5 nitrogen and oxygen atoms in total. The molecular weight excluding hydrogens is 310 g/mol. The molecule has 1 atom stereocenters. The third-order valence-corrected chi connectivity index (χ3v) is 5.16. The summed E-state index contributed by atoms with van der Waals surface area (Å²) < 4.78 is 26.0. The van der Waals surface area contributed by atoms with Gasteiger partial charge in [-0.1, -0.05) is 19.9 Å². The van der Waals surface area contributed by atoms with Crippen LogP contribution in [0.15, 0.2) is 29.2 Å². The van der Waals surface area contributed by atoms with Gasteiger partial charge in [0.1, 0.15) is 0 Å². The van der Waals surface area contributed by atoms with Crippen molar-refractivity contribution in [3.63, 3.8) is 0 Å². The SMILES string of the molecule is CC(C)C(N)CCN(C)S(=O)(=O)c1cccc(C#N)c1.Cl. The summed E-state index contributed by atoms with van der Waals surface area (Å²) >= 11 is 0. The molecule has 0 saturated carbocycles. The Balaban J connectivity index is 0.00000400. The third-order valence-electron chi connectivity index (χ3n) is 3.30. The molecule has 118 valence electrons. The van der Waals surface area contributed by atoms with Crippen molar-refractivity contribution in [3.8, 4) is 6.07 Å². The first-order chi connectivity index (χ1) is 9.28. The van der Waals surface area contributed by atoms with E-state index >= 15 is 0 Å². The lowest BCUT2D eigenvalue weighted by Gasteiger charge is -2.21. The summed E-state index contributed by atoms with van der Waals surface area (Å²) in [5.41, 5.74) is 6.26. The normalized spacial score (nSPS) is 12.8. The van der Waals surface area contributed by atoms with Gasteiger partial charge >= 0.3 is 0 Å². The largest absolute Gasteiger partial charge is 0.327 e. The molecule has 0 amide bonds. The number of rotatable bonds is 6. The van der Waals surface area contributed by atoms with E-state index in [9.17, 15) is 8.42 Å². The summed E-state index contributed by atoms with van der Waals surface area (Å²) in [6.07, 6.45) is 0.603. The van der Waals surface area contributed by atoms with Crippen molar-refractivity contribution in [2.75, 3.05) is 13.6 Å². The Bertz CT molecular complexity index is 596. The maximum Gasteiger partial charge on any atom is 0.242 e. The monoisotopic (exact) mass is 331 g/mol. The summed E-state index contributed by atoms with van der Waals surface area (Å²) in [5.74, 6) is 0.313. The van der Waals surface area contributed by atoms with Crippen LogP contribution in [-0.2, 0) is 10.0 Å². The van der Waals surface area contributed by atoms with E-state index in [1.165, 1.54) is 23.5 Å². The van der Waals surface area contributed by atoms with Gasteiger partial charge in [0, 0.05) is 19.6 Å². The zero-order valence-electron chi connectivity index (χ0n) is 12.5. The zero-order chi connectivity index (χ0) is 15.3. The second-order valence-electron chi connectivity index (χ2n) is 5.16. The van der Waals surface area contributed by atoms with Gasteiger partial charge in [0.2, 0.25) is 10.0 Å². The highest BCUT2D eigenvalue weighted by atomic mass is 35.5. The molecule has 1 unspecified atom stereocenters. The highest BCUT2D eigenvalue weighted by Gasteiger charge is 2.21. The average Bonchev–Trinajstić information content (AvgIpc) is 2.43. The Morgan fingerprint density at radius 3 is 2.52 bits per heavy atom. The van der Waals surface area contributed by atoms with Gasteiger partial charge < -0.3 is 5.73 Å². The van der Waals surface area contributed by atoms with Crippen LogP contribution in [-0.4, -0.2) is 32.4 Å². The van der Waals surface area contributed by atoms with Gasteiger partial charge in [0.15, 0.2) is 0 Å². The molecule has 7 heteroatoms. The van der Waals surface area contributed by atoms with E-state index in [1.54, 1.807) is 12.1 Å². The summed E-state index contributed by atoms with van der Waals surface area (Å²) in [5, 5.41) is 8.83. The van der Waals surface area contributed by atoms with Gasteiger partial charge in [0.05, 0.1) is 16.5 Å². The Kier molecular flexibility index (Phi) is 7.90. The quantitative estimate of drug-likeness (QED) is 0.863. The minimum Gasteiger partial charge on any atom is -0.327 e. The molecule has 0 aliphatic heterocycles. The van der Waals surface area contributed by atoms with Crippen molar-refractivity contribution >= 4 is 22.4 Å². The molecule has 0 bridgehead atoms. The van der Waals surface area contributed by atoms with Crippen LogP contribution in [0.25, 0.3) is 0 Å². The topological polar surface area (TPSA) is 87.2 Å². The van der Waals surface area contributed by atoms with Crippen LogP contribution < -0.4 is 5.73 Å². The molecule has 0 aliphatic rings. The molecule has 1 aromatic rings. The van der Waals surface area contributed by atoms with E-state index in [2.05, 4.69) is 0 Å². The maximum atomic E-state index is 12.4. The van der Waals surface area contributed by atoms with Gasteiger partial charge in [-0.2, -0.15) is 5.26 Å². The number of hydrogen-bond acceptors (Lipinski definition) is 4.